The van der Waals surface area contributed by atoms with Gasteiger partial charge in [-0.2, -0.15) is 0 Å². The van der Waals surface area contributed by atoms with Gasteiger partial charge in [-0.05, 0) is 53.2 Å². The van der Waals surface area contributed by atoms with Crippen molar-refractivity contribution < 1.29 is 0 Å². The molecule has 0 bridgehead atoms. The van der Waals surface area contributed by atoms with E-state index < -0.39 is 0 Å². The number of hydrogen-bond donors (Lipinski definition) is 1. The van der Waals surface area contributed by atoms with Crippen molar-refractivity contribution in [3.8, 4) is 0 Å². The summed E-state index contributed by atoms with van der Waals surface area (Å²) in [5.74, 6) is 1.60. The molecule has 1 saturated carbocycles. The summed E-state index contributed by atoms with van der Waals surface area (Å²) < 4.78 is 1.03. The molecule has 0 spiro atoms. The predicted octanol–water partition coefficient (Wildman–Crippen LogP) is 3.58. The van der Waals surface area contributed by atoms with E-state index in [1.54, 1.807) is 0 Å². The molecule has 2 rings (SSSR count). The minimum atomic E-state index is 0.235. The van der Waals surface area contributed by atoms with Gasteiger partial charge in [0.15, 0.2) is 0 Å². The number of anilines is 1. The Morgan fingerprint density at radius 3 is 3.07 bits per heavy atom. The molecule has 0 aromatic carbocycles. The molecule has 1 aliphatic carbocycles. The second kappa shape index (κ2) is 4.71. The molecule has 1 heterocycles. The van der Waals surface area contributed by atoms with Crippen LogP contribution in [-0.4, -0.2) is 16.9 Å². The third kappa shape index (κ3) is 2.85. The first-order valence-corrected chi connectivity index (χ1v) is 6.40. The average Bonchev–Trinajstić information content (AvgIpc) is 3.03. The molecule has 1 aromatic rings. The number of aromatic nitrogens is 1. The Hall–Kier alpha value is -0.280. The lowest BCUT2D eigenvalue weighted by atomic mass is 10.2. The smallest absolute Gasteiger partial charge is 0.140 e. The van der Waals surface area contributed by atoms with Gasteiger partial charge >= 0.3 is 0 Å². The van der Waals surface area contributed by atoms with Gasteiger partial charge in [-0.15, -0.1) is 11.6 Å². The van der Waals surface area contributed by atoms with Crippen molar-refractivity contribution in [1.82, 2.24) is 4.98 Å². The molecule has 1 N–H and O–H groups in total. The molecule has 4 heteroatoms. The summed E-state index contributed by atoms with van der Waals surface area (Å²) in [4.78, 5) is 4.27. The number of alkyl halides is 1. The number of nitrogens with zero attached hydrogens (tertiary/aromatic N) is 1. The monoisotopic (exact) mass is 288 g/mol. The van der Waals surface area contributed by atoms with Crippen LogP contribution < -0.4 is 5.32 Å². The Kier molecular flexibility index (Phi) is 3.52. The minimum absolute atomic E-state index is 0.235. The second-order valence-corrected chi connectivity index (χ2v) is 5.38. The Morgan fingerprint density at radius 1 is 1.67 bits per heavy atom. The maximum Gasteiger partial charge on any atom is 0.140 e. The number of hydrogen-bond acceptors (Lipinski definition) is 2. The summed E-state index contributed by atoms with van der Waals surface area (Å²) in [7, 11) is 0. The van der Waals surface area contributed by atoms with Gasteiger partial charge in [0.25, 0.3) is 0 Å². The molecule has 0 radical (unpaired) electrons. The topological polar surface area (TPSA) is 24.9 Å². The second-order valence-electron chi connectivity index (χ2n) is 4.02. The van der Waals surface area contributed by atoms with Gasteiger partial charge in [-0.3, -0.25) is 0 Å². The fraction of sp³-hybridized carbons (Fsp3) is 0.545. The molecule has 1 fully saturated rings. The number of rotatable bonds is 4. The molecule has 0 saturated heterocycles. The van der Waals surface area contributed by atoms with E-state index in [1.807, 2.05) is 12.3 Å². The summed E-state index contributed by atoms with van der Waals surface area (Å²) >= 11 is 9.73. The van der Waals surface area contributed by atoms with Gasteiger partial charge in [-0.25, -0.2) is 4.98 Å². The van der Waals surface area contributed by atoms with Crippen LogP contribution in [0.15, 0.2) is 16.7 Å². The molecule has 1 aromatic heterocycles. The van der Waals surface area contributed by atoms with Crippen molar-refractivity contribution in [2.24, 2.45) is 5.92 Å². The molecule has 15 heavy (non-hydrogen) atoms. The van der Waals surface area contributed by atoms with E-state index in [1.165, 1.54) is 18.4 Å². The summed E-state index contributed by atoms with van der Waals surface area (Å²) in [6.45, 7) is 2.84. The molecule has 0 amide bonds. The Morgan fingerprint density at radius 2 is 2.40 bits per heavy atom. The fourth-order valence-corrected chi connectivity index (χ4v) is 2.19. The van der Waals surface area contributed by atoms with E-state index in [4.69, 9.17) is 11.6 Å². The summed E-state index contributed by atoms with van der Waals surface area (Å²) in [6.07, 6.45) is 4.36. The lowest BCUT2D eigenvalue weighted by molar-refractivity contribution is 0.768. The lowest BCUT2D eigenvalue weighted by Gasteiger charge is -2.12. The van der Waals surface area contributed by atoms with E-state index in [2.05, 4.69) is 33.2 Å². The zero-order chi connectivity index (χ0) is 10.8. The predicted molar refractivity (Wildman–Crippen MR) is 67.5 cm³/mol. The van der Waals surface area contributed by atoms with E-state index >= 15 is 0 Å². The zero-order valence-electron chi connectivity index (χ0n) is 8.63. The largest absolute Gasteiger partial charge is 0.368 e. The van der Waals surface area contributed by atoms with Crippen LogP contribution in [-0.2, 0) is 0 Å². The maximum atomic E-state index is 6.21. The zero-order valence-corrected chi connectivity index (χ0v) is 11.0. The van der Waals surface area contributed by atoms with Crippen molar-refractivity contribution in [2.45, 2.75) is 25.1 Å². The molecule has 2 nitrogen and oxygen atoms in total. The molecule has 0 aliphatic heterocycles. The third-order valence-corrected chi connectivity index (χ3v) is 4.19. The number of halogens is 2. The van der Waals surface area contributed by atoms with Crippen molar-refractivity contribution in [3.63, 3.8) is 0 Å². The van der Waals surface area contributed by atoms with E-state index in [9.17, 15) is 0 Å². The average molecular weight is 290 g/mol. The highest BCUT2D eigenvalue weighted by atomic mass is 79.9. The van der Waals surface area contributed by atoms with Crippen LogP contribution in [0.2, 0.25) is 0 Å². The maximum absolute atomic E-state index is 6.21. The van der Waals surface area contributed by atoms with Crippen molar-refractivity contribution in [3.05, 3.63) is 22.3 Å². The SMILES string of the molecule is Cc1ccnc(NCC(Cl)C2CC2)c1Br. The molecule has 82 valence electrons. The highest BCUT2D eigenvalue weighted by Gasteiger charge is 2.29. The number of aryl methyl sites for hydroxylation is 1. The summed E-state index contributed by atoms with van der Waals surface area (Å²) in [5, 5.41) is 3.52. The molecular formula is C11H14BrClN2. The van der Waals surface area contributed by atoms with Gasteiger partial charge in [0, 0.05) is 12.7 Å². The molecule has 1 aliphatic rings. The standard InChI is InChI=1S/C11H14BrClN2/c1-7-4-5-14-11(10(7)12)15-6-9(13)8-2-3-8/h4-5,8-9H,2-3,6H2,1H3,(H,14,15). The normalized spacial score (nSPS) is 17.5. The summed E-state index contributed by atoms with van der Waals surface area (Å²) in [6, 6.07) is 1.98. The summed E-state index contributed by atoms with van der Waals surface area (Å²) in [5.41, 5.74) is 1.19. The fourth-order valence-electron chi connectivity index (χ4n) is 1.48. The van der Waals surface area contributed by atoms with Crippen LogP contribution in [0, 0.1) is 12.8 Å². The van der Waals surface area contributed by atoms with Gasteiger partial charge in [-0.1, -0.05) is 0 Å². The van der Waals surface area contributed by atoms with Crippen LogP contribution in [0.3, 0.4) is 0 Å². The molecule has 1 unspecified atom stereocenters. The van der Waals surface area contributed by atoms with E-state index in [-0.39, 0.29) is 5.38 Å². The van der Waals surface area contributed by atoms with Gasteiger partial charge < -0.3 is 5.32 Å². The third-order valence-electron chi connectivity index (χ3n) is 2.68. The van der Waals surface area contributed by atoms with Crippen molar-refractivity contribution >= 4 is 33.3 Å². The highest BCUT2D eigenvalue weighted by molar-refractivity contribution is 9.10. The quantitative estimate of drug-likeness (QED) is 0.857. The van der Waals surface area contributed by atoms with Crippen LogP contribution >= 0.6 is 27.5 Å². The Labute approximate surface area is 104 Å². The van der Waals surface area contributed by atoms with Crippen molar-refractivity contribution in [2.75, 3.05) is 11.9 Å². The molecule has 1 atom stereocenters. The van der Waals surface area contributed by atoms with Gasteiger partial charge in [0.2, 0.25) is 0 Å². The highest BCUT2D eigenvalue weighted by Crippen LogP contribution is 2.35. The van der Waals surface area contributed by atoms with Crippen molar-refractivity contribution in [1.29, 1.82) is 0 Å². The van der Waals surface area contributed by atoms with Gasteiger partial charge in [0.1, 0.15) is 5.82 Å². The van der Waals surface area contributed by atoms with E-state index in [0.717, 1.165) is 16.8 Å². The lowest BCUT2D eigenvalue weighted by Crippen LogP contribution is -2.17. The Balaban J connectivity index is 1.95. The first kappa shape index (κ1) is 11.2. The first-order chi connectivity index (χ1) is 7.18. The van der Waals surface area contributed by atoms with Crippen LogP contribution in [0.5, 0.6) is 0 Å². The molecular weight excluding hydrogens is 275 g/mol. The number of nitrogens with one attached hydrogen (secondary N) is 1. The Bertz CT molecular complexity index is 352. The van der Waals surface area contributed by atoms with Crippen LogP contribution in [0.25, 0.3) is 0 Å². The van der Waals surface area contributed by atoms with Crippen LogP contribution in [0.4, 0.5) is 5.82 Å². The minimum Gasteiger partial charge on any atom is -0.368 e. The van der Waals surface area contributed by atoms with Crippen LogP contribution in [0.1, 0.15) is 18.4 Å². The first-order valence-electron chi connectivity index (χ1n) is 5.17. The van der Waals surface area contributed by atoms with Gasteiger partial charge in [0.05, 0.1) is 9.85 Å². The van der Waals surface area contributed by atoms with E-state index in [0.29, 0.717) is 5.92 Å². The number of pyridine rings is 1.